The van der Waals surface area contributed by atoms with E-state index in [1.165, 1.54) is 0 Å². The number of hydrogen-bond donors (Lipinski definition) is 0. The van der Waals surface area contributed by atoms with Gasteiger partial charge in [-0.15, -0.1) is 0 Å². The van der Waals surface area contributed by atoms with Crippen LogP contribution >= 0.6 is 11.8 Å². The first-order valence-electron chi connectivity index (χ1n) is 5.64. The molecule has 0 N–H and O–H groups in total. The average molecular weight is 258 g/mol. The van der Waals surface area contributed by atoms with E-state index in [2.05, 4.69) is 9.97 Å². The molecule has 0 amide bonds. The van der Waals surface area contributed by atoms with Crippen LogP contribution in [0, 0.1) is 13.8 Å². The van der Waals surface area contributed by atoms with Gasteiger partial charge in [-0.05, 0) is 44.0 Å². The van der Waals surface area contributed by atoms with E-state index in [0.29, 0.717) is 0 Å². The lowest BCUT2D eigenvalue weighted by Crippen LogP contribution is -2.00. The van der Waals surface area contributed by atoms with Gasteiger partial charge in [0.1, 0.15) is 5.03 Å². The van der Waals surface area contributed by atoms with Gasteiger partial charge in [0.25, 0.3) is 0 Å². The zero-order valence-corrected chi connectivity index (χ0v) is 11.4. The van der Waals surface area contributed by atoms with E-state index in [4.69, 9.17) is 0 Å². The van der Waals surface area contributed by atoms with Crippen molar-refractivity contribution in [3.63, 3.8) is 0 Å². The number of ketones is 1. The predicted octanol–water partition coefficient (Wildman–Crippen LogP) is 3.45. The Morgan fingerprint density at radius 1 is 1.17 bits per heavy atom. The largest absolute Gasteiger partial charge is 0.294 e. The molecule has 2 aromatic rings. The van der Waals surface area contributed by atoms with Gasteiger partial charge in [-0.2, -0.15) is 0 Å². The van der Waals surface area contributed by atoms with Gasteiger partial charge in [0.15, 0.2) is 5.78 Å². The smallest absolute Gasteiger partial charge is 0.160 e. The first-order valence-corrected chi connectivity index (χ1v) is 6.45. The van der Waals surface area contributed by atoms with Gasteiger partial charge in [-0.1, -0.05) is 11.8 Å². The van der Waals surface area contributed by atoms with Crippen molar-refractivity contribution in [1.82, 2.24) is 9.97 Å². The summed E-state index contributed by atoms with van der Waals surface area (Å²) in [6.07, 6.45) is 5.06. The minimum Gasteiger partial charge on any atom is -0.294 e. The number of rotatable bonds is 3. The molecule has 0 aliphatic rings. The maximum absolute atomic E-state index is 11.5. The number of carbonyl (C=O) groups is 1. The van der Waals surface area contributed by atoms with Gasteiger partial charge in [-0.25, -0.2) is 4.98 Å². The summed E-state index contributed by atoms with van der Waals surface area (Å²) in [7, 11) is 0. The number of aromatic nitrogens is 2. The second-order valence-corrected chi connectivity index (χ2v) is 5.23. The quantitative estimate of drug-likeness (QED) is 0.791. The van der Waals surface area contributed by atoms with E-state index >= 15 is 0 Å². The van der Waals surface area contributed by atoms with Gasteiger partial charge < -0.3 is 0 Å². The molecule has 18 heavy (non-hydrogen) atoms. The molecule has 3 nitrogen and oxygen atoms in total. The monoisotopic (exact) mass is 258 g/mol. The van der Waals surface area contributed by atoms with Crippen LogP contribution in [0.2, 0.25) is 0 Å². The number of carbonyl (C=O) groups excluding carboxylic acids is 1. The summed E-state index contributed by atoms with van der Waals surface area (Å²) in [6, 6.07) is 4.03. The van der Waals surface area contributed by atoms with Crippen LogP contribution < -0.4 is 0 Å². The van der Waals surface area contributed by atoms with Gasteiger partial charge in [0.05, 0.1) is 6.20 Å². The SMILES string of the molecule is CC(=O)c1c(C)cc(Sc2cnccn2)cc1C. The lowest BCUT2D eigenvalue weighted by molar-refractivity contribution is 0.101. The van der Waals surface area contributed by atoms with Crippen LogP contribution in [0.4, 0.5) is 0 Å². The third-order valence-corrected chi connectivity index (χ3v) is 3.51. The molecule has 92 valence electrons. The van der Waals surface area contributed by atoms with Gasteiger partial charge >= 0.3 is 0 Å². The third kappa shape index (κ3) is 2.76. The standard InChI is InChI=1S/C14H14N2OS/c1-9-6-12(7-10(2)14(9)11(3)17)18-13-8-15-4-5-16-13/h4-8H,1-3H3. The highest BCUT2D eigenvalue weighted by Crippen LogP contribution is 2.29. The molecule has 0 aliphatic heterocycles. The summed E-state index contributed by atoms with van der Waals surface area (Å²) < 4.78 is 0. The fraction of sp³-hybridized carbons (Fsp3) is 0.214. The molecule has 0 unspecified atom stereocenters. The van der Waals surface area contributed by atoms with E-state index in [-0.39, 0.29) is 5.78 Å². The van der Waals surface area contributed by atoms with Crippen LogP contribution in [0.15, 0.2) is 40.6 Å². The van der Waals surface area contributed by atoms with Crippen molar-refractivity contribution < 1.29 is 4.79 Å². The van der Waals surface area contributed by atoms with E-state index in [9.17, 15) is 4.79 Å². The average Bonchev–Trinajstić information content (AvgIpc) is 2.28. The number of Topliss-reactive ketones (excluding diaryl/α,β-unsaturated/α-hetero) is 1. The molecular formula is C14H14N2OS. The van der Waals surface area contributed by atoms with E-state index in [1.807, 2.05) is 26.0 Å². The van der Waals surface area contributed by atoms with Crippen molar-refractivity contribution in [1.29, 1.82) is 0 Å². The summed E-state index contributed by atoms with van der Waals surface area (Å²) in [5.41, 5.74) is 2.83. The Bertz CT molecular complexity index is 559. The molecular weight excluding hydrogens is 244 g/mol. The number of hydrogen-bond acceptors (Lipinski definition) is 4. The zero-order chi connectivity index (χ0) is 13.1. The molecule has 0 saturated heterocycles. The molecule has 0 atom stereocenters. The second-order valence-electron chi connectivity index (χ2n) is 4.13. The Labute approximate surface area is 111 Å². The van der Waals surface area contributed by atoms with Crippen molar-refractivity contribution in [3.05, 3.63) is 47.4 Å². The van der Waals surface area contributed by atoms with Crippen molar-refractivity contribution in [2.45, 2.75) is 30.7 Å². The van der Waals surface area contributed by atoms with Crippen molar-refractivity contribution >= 4 is 17.5 Å². The third-order valence-electron chi connectivity index (χ3n) is 2.62. The van der Waals surface area contributed by atoms with E-state index in [0.717, 1.165) is 26.6 Å². The molecule has 1 aromatic carbocycles. The molecule has 0 aliphatic carbocycles. The first kappa shape index (κ1) is 12.8. The van der Waals surface area contributed by atoms with Crippen LogP contribution in [0.3, 0.4) is 0 Å². The number of nitrogens with zero attached hydrogens (tertiary/aromatic N) is 2. The van der Waals surface area contributed by atoms with Crippen LogP contribution in [0.1, 0.15) is 28.4 Å². The van der Waals surface area contributed by atoms with Gasteiger partial charge in [0.2, 0.25) is 0 Å². The highest BCUT2D eigenvalue weighted by atomic mass is 32.2. The summed E-state index contributed by atoms with van der Waals surface area (Å²) in [5.74, 6) is 0.112. The highest BCUT2D eigenvalue weighted by molar-refractivity contribution is 7.99. The number of aryl methyl sites for hydroxylation is 2. The Kier molecular flexibility index (Phi) is 3.77. The Morgan fingerprint density at radius 3 is 2.33 bits per heavy atom. The Morgan fingerprint density at radius 2 is 1.83 bits per heavy atom. The Balaban J connectivity index is 2.34. The van der Waals surface area contributed by atoms with Crippen molar-refractivity contribution in [2.75, 3.05) is 0 Å². The molecule has 2 rings (SSSR count). The molecule has 0 spiro atoms. The van der Waals surface area contributed by atoms with Gasteiger partial charge in [-0.3, -0.25) is 9.78 Å². The number of benzene rings is 1. The minimum absolute atomic E-state index is 0.112. The second kappa shape index (κ2) is 5.31. The summed E-state index contributed by atoms with van der Waals surface area (Å²) in [5, 5.41) is 0.854. The van der Waals surface area contributed by atoms with Crippen LogP contribution in [-0.4, -0.2) is 15.8 Å². The van der Waals surface area contributed by atoms with Crippen LogP contribution in [0.25, 0.3) is 0 Å². The summed E-state index contributed by atoms with van der Waals surface area (Å²) >= 11 is 1.55. The molecule has 4 heteroatoms. The Hall–Kier alpha value is -1.68. The van der Waals surface area contributed by atoms with E-state index in [1.54, 1.807) is 37.3 Å². The van der Waals surface area contributed by atoms with Crippen LogP contribution in [-0.2, 0) is 0 Å². The van der Waals surface area contributed by atoms with Crippen molar-refractivity contribution in [3.8, 4) is 0 Å². The van der Waals surface area contributed by atoms with Gasteiger partial charge in [0, 0.05) is 22.9 Å². The zero-order valence-electron chi connectivity index (χ0n) is 10.6. The minimum atomic E-state index is 0.112. The fourth-order valence-electron chi connectivity index (χ4n) is 2.00. The molecule has 0 bridgehead atoms. The van der Waals surface area contributed by atoms with Crippen molar-refractivity contribution in [2.24, 2.45) is 0 Å². The lowest BCUT2D eigenvalue weighted by atomic mass is 10.0. The molecule has 1 heterocycles. The summed E-state index contributed by atoms with van der Waals surface area (Å²) in [4.78, 5) is 20.9. The lowest BCUT2D eigenvalue weighted by Gasteiger charge is -2.09. The maximum Gasteiger partial charge on any atom is 0.160 e. The normalized spacial score (nSPS) is 10.4. The van der Waals surface area contributed by atoms with Crippen LogP contribution in [0.5, 0.6) is 0 Å². The topological polar surface area (TPSA) is 42.9 Å². The highest BCUT2D eigenvalue weighted by Gasteiger charge is 2.10. The molecule has 0 saturated carbocycles. The fourth-order valence-corrected chi connectivity index (χ4v) is 2.94. The van der Waals surface area contributed by atoms with E-state index < -0.39 is 0 Å². The predicted molar refractivity (Wildman–Crippen MR) is 72.1 cm³/mol. The molecule has 1 aromatic heterocycles. The summed E-state index contributed by atoms with van der Waals surface area (Å²) in [6.45, 7) is 5.53. The molecule has 0 fully saturated rings. The first-order chi connectivity index (χ1) is 8.58. The molecule has 0 radical (unpaired) electrons. The maximum atomic E-state index is 11.5.